The molecule has 1 unspecified atom stereocenters. The monoisotopic (exact) mass is 252 g/mol. The highest BCUT2D eigenvalue weighted by atomic mass is 32.2. The molecule has 0 spiro atoms. The van der Waals surface area contributed by atoms with Crippen LogP contribution in [0, 0.1) is 5.41 Å². The van der Waals surface area contributed by atoms with Gasteiger partial charge in [-0.25, -0.2) is 9.44 Å². The van der Waals surface area contributed by atoms with E-state index in [-0.39, 0.29) is 6.54 Å². The van der Waals surface area contributed by atoms with Crippen molar-refractivity contribution in [2.24, 2.45) is 5.41 Å². The lowest BCUT2D eigenvalue weighted by atomic mass is 9.88. The van der Waals surface area contributed by atoms with Crippen molar-refractivity contribution in [3.8, 4) is 0 Å². The molecule has 7 heteroatoms. The van der Waals surface area contributed by atoms with E-state index < -0.39 is 21.6 Å². The summed E-state index contributed by atoms with van der Waals surface area (Å²) in [6.45, 7) is 5.29. The maximum Gasteiger partial charge on any atom is 0.310 e. The molecule has 0 radical (unpaired) electrons. The van der Waals surface area contributed by atoms with Crippen LogP contribution in [-0.4, -0.2) is 32.6 Å². The molecule has 96 valence electrons. The smallest absolute Gasteiger partial charge is 0.310 e. The predicted octanol–water partition coefficient (Wildman–Crippen LogP) is 0.321. The molecule has 0 bridgehead atoms. The first-order valence-corrected chi connectivity index (χ1v) is 6.73. The van der Waals surface area contributed by atoms with E-state index in [0.29, 0.717) is 19.4 Å². The molecule has 0 fully saturated rings. The minimum absolute atomic E-state index is 0.113. The van der Waals surface area contributed by atoms with Crippen LogP contribution >= 0.6 is 0 Å². The van der Waals surface area contributed by atoms with Crippen molar-refractivity contribution < 1.29 is 18.3 Å². The van der Waals surface area contributed by atoms with Gasteiger partial charge in [-0.05, 0) is 19.8 Å². The number of carboxylic acids is 1. The fourth-order valence-corrected chi connectivity index (χ4v) is 1.98. The zero-order valence-electron chi connectivity index (χ0n) is 9.91. The van der Waals surface area contributed by atoms with Crippen LogP contribution in [0.3, 0.4) is 0 Å². The summed E-state index contributed by atoms with van der Waals surface area (Å²) < 4.78 is 27.3. The lowest BCUT2D eigenvalue weighted by Gasteiger charge is -2.23. The number of carboxylic acid groups (broad SMARTS) is 1. The Morgan fingerprint density at radius 1 is 1.31 bits per heavy atom. The molecule has 3 N–H and O–H groups in total. The molecule has 0 aliphatic heterocycles. The van der Waals surface area contributed by atoms with Gasteiger partial charge in [0.1, 0.15) is 0 Å². The number of hydrogen-bond acceptors (Lipinski definition) is 3. The summed E-state index contributed by atoms with van der Waals surface area (Å²) in [5.41, 5.74) is -1.07. The van der Waals surface area contributed by atoms with Gasteiger partial charge in [0.2, 0.25) is 0 Å². The Kier molecular flexibility index (Phi) is 5.91. The zero-order chi connectivity index (χ0) is 12.8. The van der Waals surface area contributed by atoms with Crippen LogP contribution in [0.15, 0.2) is 0 Å². The van der Waals surface area contributed by atoms with E-state index >= 15 is 0 Å². The lowest BCUT2D eigenvalue weighted by Crippen LogP contribution is -2.45. The van der Waals surface area contributed by atoms with Crippen molar-refractivity contribution in [1.82, 2.24) is 9.44 Å². The first-order chi connectivity index (χ1) is 7.27. The van der Waals surface area contributed by atoms with Crippen molar-refractivity contribution in [3.63, 3.8) is 0 Å². The van der Waals surface area contributed by atoms with Crippen LogP contribution in [-0.2, 0) is 15.0 Å². The first kappa shape index (κ1) is 15.3. The lowest BCUT2D eigenvalue weighted by molar-refractivity contribution is -0.147. The van der Waals surface area contributed by atoms with Crippen LogP contribution in [0.4, 0.5) is 0 Å². The van der Waals surface area contributed by atoms with Crippen LogP contribution in [0.25, 0.3) is 0 Å². The molecule has 0 aromatic heterocycles. The van der Waals surface area contributed by atoms with Crippen LogP contribution in [0.5, 0.6) is 0 Å². The van der Waals surface area contributed by atoms with Crippen molar-refractivity contribution in [2.45, 2.75) is 33.6 Å². The van der Waals surface area contributed by atoms with E-state index in [1.54, 1.807) is 6.92 Å². The number of carbonyl (C=O) groups is 1. The van der Waals surface area contributed by atoms with Crippen molar-refractivity contribution in [2.75, 3.05) is 13.1 Å². The topological polar surface area (TPSA) is 95.5 Å². The third kappa shape index (κ3) is 4.91. The highest BCUT2D eigenvalue weighted by molar-refractivity contribution is 7.87. The second kappa shape index (κ2) is 6.17. The summed E-state index contributed by atoms with van der Waals surface area (Å²) in [6.07, 6.45) is 1.05. The Morgan fingerprint density at radius 2 is 1.88 bits per heavy atom. The number of nitrogens with one attached hydrogen (secondary N) is 2. The Morgan fingerprint density at radius 3 is 2.25 bits per heavy atom. The molecule has 1 atom stereocenters. The van der Waals surface area contributed by atoms with Gasteiger partial charge in [0.15, 0.2) is 0 Å². The van der Waals surface area contributed by atoms with E-state index in [2.05, 4.69) is 9.44 Å². The summed E-state index contributed by atoms with van der Waals surface area (Å²) >= 11 is 0. The quantitative estimate of drug-likeness (QED) is 0.580. The van der Waals surface area contributed by atoms with Crippen molar-refractivity contribution >= 4 is 16.2 Å². The number of hydrogen-bond donors (Lipinski definition) is 3. The summed E-state index contributed by atoms with van der Waals surface area (Å²) in [5.74, 6) is -1.01. The van der Waals surface area contributed by atoms with E-state index in [9.17, 15) is 13.2 Å². The third-order valence-electron chi connectivity index (χ3n) is 2.49. The Bertz CT molecular complexity index is 328. The average molecular weight is 252 g/mol. The van der Waals surface area contributed by atoms with Gasteiger partial charge in [-0.1, -0.05) is 13.8 Å². The number of aliphatic carboxylic acids is 1. The molecule has 0 saturated carbocycles. The zero-order valence-corrected chi connectivity index (χ0v) is 10.7. The van der Waals surface area contributed by atoms with Crippen LogP contribution in [0.2, 0.25) is 0 Å². The molecule has 6 nitrogen and oxygen atoms in total. The van der Waals surface area contributed by atoms with Gasteiger partial charge in [-0.2, -0.15) is 8.42 Å². The summed E-state index contributed by atoms with van der Waals surface area (Å²) in [7, 11) is -3.58. The molecule has 0 aliphatic rings. The van der Waals surface area contributed by atoms with Crippen molar-refractivity contribution in [3.05, 3.63) is 0 Å². The Labute approximate surface area is 96.6 Å². The van der Waals surface area contributed by atoms with Crippen LogP contribution < -0.4 is 9.44 Å². The van der Waals surface area contributed by atoms with E-state index in [1.165, 1.54) is 6.92 Å². The Hall–Kier alpha value is -0.660. The maximum atomic E-state index is 11.4. The van der Waals surface area contributed by atoms with Gasteiger partial charge in [-0.15, -0.1) is 0 Å². The highest BCUT2D eigenvalue weighted by Gasteiger charge is 2.32. The molecule has 0 aromatic carbocycles. The molecule has 0 rings (SSSR count). The van der Waals surface area contributed by atoms with E-state index in [0.717, 1.165) is 0 Å². The van der Waals surface area contributed by atoms with E-state index in [4.69, 9.17) is 5.11 Å². The molecular formula is C9H20N2O4S. The van der Waals surface area contributed by atoms with Gasteiger partial charge in [-0.3, -0.25) is 4.79 Å². The maximum absolute atomic E-state index is 11.4. The minimum Gasteiger partial charge on any atom is -0.481 e. The fourth-order valence-electron chi connectivity index (χ4n) is 0.894. The van der Waals surface area contributed by atoms with Gasteiger partial charge in [0.05, 0.1) is 5.41 Å². The molecule has 0 heterocycles. The molecular weight excluding hydrogens is 232 g/mol. The van der Waals surface area contributed by atoms with Gasteiger partial charge < -0.3 is 5.11 Å². The SMILES string of the molecule is CCCNS(=O)(=O)NCC(C)(CC)C(=O)O. The normalized spacial score (nSPS) is 15.7. The molecule has 0 saturated heterocycles. The third-order valence-corrected chi connectivity index (χ3v) is 3.60. The molecule has 0 aliphatic carbocycles. The minimum atomic E-state index is -3.58. The van der Waals surface area contributed by atoms with Gasteiger partial charge in [0.25, 0.3) is 10.2 Å². The standard InChI is InChI=1S/C9H20N2O4S/c1-4-6-10-16(14,15)11-7-9(3,5-2)8(12)13/h10-11H,4-7H2,1-3H3,(H,12,13). The van der Waals surface area contributed by atoms with Crippen molar-refractivity contribution in [1.29, 1.82) is 0 Å². The molecule has 0 amide bonds. The largest absolute Gasteiger partial charge is 0.481 e. The summed E-state index contributed by atoms with van der Waals surface area (Å²) in [6, 6.07) is 0. The predicted molar refractivity (Wildman–Crippen MR) is 61.3 cm³/mol. The average Bonchev–Trinajstić information content (AvgIpc) is 2.23. The highest BCUT2D eigenvalue weighted by Crippen LogP contribution is 2.19. The van der Waals surface area contributed by atoms with Gasteiger partial charge in [0, 0.05) is 13.1 Å². The Balaban J connectivity index is 4.37. The first-order valence-electron chi connectivity index (χ1n) is 5.25. The molecule has 0 aromatic rings. The van der Waals surface area contributed by atoms with E-state index in [1.807, 2.05) is 6.92 Å². The fraction of sp³-hybridized carbons (Fsp3) is 0.889. The molecule has 16 heavy (non-hydrogen) atoms. The van der Waals surface area contributed by atoms with Gasteiger partial charge >= 0.3 is 5.97 Å². The summed E-state index contributed by atoms with van der Waals surface area (Å²) in [4.78, 5) is 10.9. The summed E-state index contributed by atoms with van der Waals surface area (Å²) in [5, 5.41) is 8.95. The second-order valence-corrected chi connectivity index (χ2v) is 5.52. The second-order valence-electron chi connectivity index (χ2n) is 3.94. The van der Waals surface area contributed by atoms with Crippen LogP contribution in [0.1, 0.15) is 33.6 Å². The number of rotatable bonds is 8.